The highest BCUT2D eigenvalue weighted by Crippen LogP contribution is 2.34. The van der Waals surface area contributed by atoms with E-state index in [-0.39, 0.29) is 18.3 Å². The molecular formula is C19H18F3N3O3. The van der Waals surface area contributed by atoms with Crippen molar-refractivity contribution in [3.05, 3.63) is 54.1 Å². The van der Waals surface area contributed by atoms with E-state index in [4.69, 9.17) is 4.74 Å². The SMILES string of the molecule is COc1ccc(N2CCN(CC(=O)Nc3ccccc3C(F)(F)F)C2=O)cc1. The lowest BCUT2D eigenvalue weighted by atomic mass is 10.1. The molecule has 1 fully saturated rings. The molecule has 2 aromatic rings. The fourth-order valence-electron chi connectivity index (χ4n) is 2.93. The number of alkyl halides is 3. The molecule has 0 radical (unpaired) electrons. The summed E-state index contributed by atoms with van der Waals surface area (Å²) in [4.78, 5) is 27.5. The molecule has 0 aliphatic carbocycles. The molecule has 3 amide bonds. The summed E-state index contributed by atoms with van der Waals surface area (Å²) in [6, 6.07) is 11.2. The van der Waals surface area contributed by atoms with Crippen molar-refractivity contribution in [3.8, 4) is 5.75 Å². The predicted molar refractivity (Wildman–Crippen MR) is 97.4 cm³/mol. The molecule has 0 atom stereocenters. The second kappa shape index (κ2) is 7.79. The molecule has 1 aliphatic rings. The molecule has 0 aromatic heterocycles. The summed E-state index contributed by atoms with van der Waals surface area (Å²) >= 11 is 0. The molecule has 0 saturated carbocycles. The van der Waals surface area contributed by atoms with Crippen molar-refractivity contribution in [1.82, 2.24) is 4.90 Å². The average Bonchev–Trinajstić information content (AvgIpc) is 3.01. The standard InChI is InChI=1S/C19H18F3N3O3/c1-28-14-8-6-13(7-9-14)25-11-10-24(18(25)27)12-17(26)23-16-5-3-2-4-15(16)19(20,21)22/h2-9H,10-12H2,1H3,(H,23,26). The van der Waals surface area contributed by atoms with Crippen molar-refractivity contribution >= 4 is 23.3 Å². The van der Waals surface area contributed by atoms with Crippen LogP contribution in [0.15, 0.2) is 48.5 Å². The van der Waals surface area contributed by atoms with E-state index in [2.05, 4.69) is 5.32 Å². The number of nitrogens with one attached hydrogen (secondary N) is 1. The summed E-state index contributed by atoms with van der Waals surface area (Å²) in [5, 5.41) is 2.25. The minimum absolute atomic E-state index is 0.291. The maximum Gasteiger partial charge on any atom is 0.418 e. The van der Waals surface area contributed by atoms with Crippen molar-refractivity contribution in [3.63, 3.8) is 0 Å². The van der Waals surface area contributed by atoms with Crippen molar-refractivity contribution in [2.75, 3.05) is 37.0 Å². The largest absolute Gasteiger partial charge is 0.497 e. The molecule has 1 heterocycles. The summed E-state index contributed by atoms with van der Waals surface area (Å²) in [6.45, 7) is 0.328. The minimum atomic E-state index is -4.58. The number of para-hydroxylation sites is 1. The normalized spacial score (nSPS) is 14.4. The fourth-order valence-corrected chi connectivity index (χ4v) is 2.93. The van der Waals surface area contributed by atoms with Gasteiger partial charge in [-0.3, -0.25) is 9.69 Å². The Kier molecular flexibility index (Phi) is 5.43. The summed E-state index contributed by atoms with van der Waals surface area (Å²) in [5.41, 5.74) is -0.620. The molecule has 9 heteroatoms. The molecule has 28 heavy (non-hydrogen) atoms. The maximum atomic E-state index is 13.0. The molecule has 1 saturated heterocycles. The van der Waals surface area contributed by atoms with E-state index >= 15 is 0 Å². The van der Waals surface area contributed by atoms with Gasteiger partial charge in [0.2, 0.25) is 5.91 Å². The Balaban J connectivity index is 1.65. The van der Waals surface area contributed by atoms with Gasteiger partial charge in [-0.05, 0) is 36.4 Å². The molecule has 3 rings (SSSR count). The maximum absolute atomic E-state index is 13.0. The Bertz CT molecular complexity index is 869. The first kappa shape index (κ1) is 19.5. The van der Waals surface area contributed by atoms with E-state index in [0.717, 1.165) is 6.07 Å². The second-order valence-electron chi connectivity index (χ2n) is 6.15. The molecule has 1 N–H and O–H groups in total. The van der Waals surface area contributed by atoms with Gasteiger partial charge in [0.25, 0.3) is 0 Å². The number of hydrogen-bond donors (Lipinski definition) is 1. The summed E-state index contributed by atoms with van der Waals surface area (Å²) in [7, 11) is 1.54. The monoisotopic (exact) mass is 393 g/mol. The topological polar surface area (TPSA) is 61.9 Å². The van der Waals surface area contributed by atoms with Gasteiger partial charge in [-0.2, -0.15) is 13.2 Å². The third-order valence-electron chi connectivity index (χ3n) is 4.32. The fraction of sp³-hybridized carbons (Fsp3) is 0.263. The highest BCUT2D eigenvalue weighted by Gasteiger charge is 2.34. The van der Waals surface area contributed by atoms with Crippen LogP contribution in [0.5, 0.6) is 5.75 Å². The van der Waals surface area contributed by atoms with Crippen LogP contribution in [-0.2, 0) is 11.0 Å². The average molecular weight is 393 g/mol. The molecule has 2 aromatic carbocycles. The number of anilines is 2. The summed E-state index contributed by atoms with van der Waals surface area (Å²) in [6.07, 6.45) is -4.58. The predicted octanol–water partition coefficient (Wildman–Crippen LogP) is 3.59. The number of ether oxygens (including phenoxy) is 1. The van der Waals surface area contributed by atoms with Gasteiger partial charge in [-0.1, -0.05) is 12.1 Å². The van der Waals surface area contributed by atoms with Crippen LogP contribution < -0.4 is 15.0 Å². The molecular weight excluding hydrogens is 375 g/mol. The first-order chi connectivity index (χ1) is 13.3. The van der Waals surface area contributed by atoms with Crippen molar-refractivity contribution in [2.24, 2.45) is 0 Å². The number of amides is 3. The number of halogens is 3. The number of carbonyl (C=O) groups is 2. The van der Waals surface area contributed by atoms with Crippen LogP contribution in [0.4, 0.5) is 29.3 Å². The Morgan fingerprint density at radius 3 is 2.43 bits per heavy atom. The highest BCUT2D eigenvalue weighted by atomic mass is 19.4. The van der Waals surface area contributed by atoms with Crippen molar-refractivity contribution in [1.29, 1.82) is 0 Å². The Morgan fingerprint density at radius 1 is 1.11 bits per heavy atom. The Morgan fingerprint density at radius 2 is 1.79 bits per heavy atom. The number of urea groups is 1. The first-order valence-corrected chi connectivity index (χ1v) is 8.46. The molecule has 148 valence electrons. The van der Waals surface area contributed by atoms with Crippen LogP contribution in [0.25, 0.3) is 0 Å². The number of rotatable bonds is 5. The van der Waals surface area contributed by atoms with Crippen LogP contribution in [-0.4, -0.2) is 43.6 Å². The molecule has 0 bridgehead atoms. The Hall–Kier alpha value is -3.23. The minimum Gasteiger partial charge on any atom is -0.497 e. The summed E-state index contributed by atoms with van der Waals surface area (Å²) < 4.78 is 44.2. The van der Waals surface area contributed by atoms with Gasteiger partial charge in [-0.25, -0.2) is 4.79 Å². The van der Waals surface area contributed by atoms with E-state index in [0.29, 0.717) is 24.5 Å². The number of carbonyl (C=O) groups excluding carboxylic acids is 2. The smallest absolute Gasteiger partial charge is 0.418 e. The van der Waals surface area contributed by atoms with Crippen molar-refractivity contribution < 1.29 is 27.5 Å². The van der Waals surface area contributed by atoms with Gasteiger partial charge in [0.05, 0.1) is 18.4 Å². The van der Waals surface area contributed by atoms with Crippen LogP contribution in [0.3, 0.4) is 0 Å². The number of hydrogen-bond acceptors (Lipinski definition) is 3. The lowest BCUT2D eigenvalue weighted by Gasteiger charge is -2.19. The van der Waals surface area contributed by atoms with E-state index in [1.54, 1.807) is 24.3 Å². The molecule has 6 nitrogen and oxygen atoms in total. The van der Waals surface area contributed by atoms with Gasteiger partial charge in [0, 0.05) is 18.8 Å². The lowest BCUT2D eigenvalue weighted by Crippen LogP contribution is -2.37. The number of methoxy groups -OCH3 is 1. The molecule has 0 unspecified atom stereocenters. The van der Waals surface area contributed by atoms with Gasteiger partial charge >= 0.3 is 12.2 Å². The lowest BCUT2D eigenvalue weighted by molar-refractivity contribution is -0.137. The van der Waals surface area contributed by atoms with E-state index in [1.165, 1.54) is 35.1 Å². The van der Waals surface area contributed by atoms with Gasteiger partial charge in [0.1, 0.15) is 12.3 Å². The third-order valence-corrected chi connectivity index (χ3v) is 4.32. The quantitative estimate of drug-likeness (QED) is 0.845. The molecule has 0 spiro atoms. The van der Waals surface area contributed by atoms with E-state index in [1.807, 2.05) is 0 Å². The molecule has 1 aliphatic heterocycles. The third kappa shape index (κ3) is 4.19. The highest BCUT2D eigenvalue weighted by molar-refractivity contribution is 5.99. The van der Waals surface area contributed by atoms with Gasteiger partial charge in [-0.15, -0.1) is 0 Å². The van der Waals surface area contributed by atoms with Crippen LogP contribution in [0.1, 0.15) is 5.56 Å². The van der Waals surface area contributed by atoms with Gasteiger partial charge < -0.3 is 15.0 Å². The van der Waals surface area contributed by atoms with E-state index < -0.39 is 17.6 Å². The second-order valence-corrected chi connectivity index (χ2v) is 6.15. The first-order valence-electron chi connectivity index (χ1n) is 8.46. The van der Waals surface area contributed by atoms with Crippen LogP contribution >= 0.6 is 0 Å². The van der Waals surface area contributed by atoms with Gasteiger partial charge in [0.15, 0.2) is 0 Å². The zero-order valence-electron chi connectivity index (χ0n) is 15.0. The Labute approximate surface area is 159 Å². The van der Waals surface area contributed by atoms with E-state index in [9.17, 15) is 22.8 Å². The zero-order chi connectivity index (χ0) is 20.3. The number of nitrogens with zero attached hydrogens (tertiary/aromatic N) is 2. The van der Waals surface area contributed by atoms with Crippen molar-refractivity contribution in [2.45, 2.75) is 6.18 Å². The summed E-state index contributed by atoms with van der Waals surface area (Å²) in [5.74, 6) is -0.0448. The van der Waals surface area contributed by atoms with Crippen LogP contribution in [0, 0.1) is 0 Å². The van der Waals surface area contributed by atoms with Crippen LogP contribution in [0.2, 0.25) is 0 Å². The number of benzene rings is 2. The zero-order valence-corrected chi connectivity index (χ0v) is 15.0.